The summed E-state index contributed by atoms with van der Waals surface area (Å²) in [6.45, 7) is 8.94. The van der Waals surface area contributed by atoms with E-state index in [0.717, 1.165) is 30.4 Å². The summed E-state index contributed by atoms with van der Waals surface area (Å²) >= 11 is 0. The van der Waals surface area contributed by atoms with E-state index >= 15 is 0 Å². The van der Waals surface area contributed by atoms with Gasteiger partial charge in [-0.15, -0.1) is 0 Å². The highest BCUT2D eigenvalue weighted by Crippen LogP contribution is 2.39. The van der Waals surface area contributed by atoms with Crippen LogP contribution in [0.15, 0.2) is 23.8 Å². The van der Waals surface area contributed by atoms with Gasteiger partial charge in [0.1, 0.15) is 11.5 Å². The van der Waals surface area contributed by atoms with Crippen molar-refractivity contribution in [3.63, 3.8) is 0 Å². The standard InChI is InChI=1S/C22H34O2/c1-5-6-7-8-17-12-21(23)20(22(24)13-17)14-18-11-16(4)9-10-19(18)15(2)3/h11-13,15,18-19,23-24H,5-10,14H2,1-4H3/t18-,19-/m0/s1. The molecule has 1 aliphatic carbocycles. The third-order valence-electron chi connectivity index (χ3n) is 5.55. The summed E-state index contributed by atoms with van der Waals surface area (Å²) < 4.78 is 0. The van der Waals surface area contributed by atoms with Gasteiger partial charge >= 0.3 is 0 Å². The minimum absolute atomic E-state index is 0.264. The second-order valence-electron chi connectivity index (χ2n) is 7.90. The fourth-order valence-corrected chi connectivity index (χ4v) is 4.09. The van der Waals surface area contributed by atoms with Crippen molar-refractivity contribution < 1.29 is 10.2 Å². The maximum absolute atomic E-state index is 10.5. The van der Waals surface area contributed by atoms with Crippen molar-refractivity contribution in [2.24, 2.45) is 17.8 Å². The number of unbranched alkanes of at least 4 members (excludes halogenated alkanes) is 2. The number of allylic oxidation sites excluding steroid dienone is 2. The molecule has 1 aromatic rings. The van der Waals surface area contributed by atoms with Crippen LogP contribution >= 0.6 is 0 Å². The van der Waals surface area contributed by atoms with Gasteiger partial charge in [0.15, 0.2) is 0 Å². The van der Waals surface area contributed by atoms with Crippen LogP contribution in [0.3, 0.4) is 0 Å². The molecule has 2 heteroatoms. The lowest BCUT2D eigenvalue weighted by Crippen LogP contribution is -2.24. The van der Waals surface area contributed by atoms with Gasteiger partial charge in [0.05, 0.1) is 0 Å². The molecule has 0 saturated carbocycles. The Labute approximate surface area is 147 Å². The maximum Gasteiger partial charge on any atom is 0.122 e. The third kappa shape index (κ3) is 4.78. The molecule has 1 aliphatic rings. The predicted molar refractivity (Wildman–Crippen MR) is 102 cm³/mol. The first-order valence-corrected chi connectivity index (χ1v) is 9.63. The molecule has 0 spiro atoms. The normalized spacial score (nSPS) is 21.1. The average Bonchev–Trinajstić information content (AvgIpc) is 2.51. The maximum atomic E-state index is 10.5. The van der Waals surface area contributed by atoms with Crippen molar-refractivity contribution in [2.45, 2.75) is 72.6 Å². The monoisotopic (exact) mass is 330 g/mol. The highest BCUT2D eigenvalue weighted by Gasteiger charge is 2.28. The lowest BCUT2D eigenvalue weighted by atomic mass is 9.72. The number of rotatable bonds is 7. The number of phenols is 2. The SMILES string of the molecule is CCCCCc1cc(O)c(C[C@@H]2C=C(C)CC[C@H]2C(C)C)c(O)c1. The first-order chi connectivity index (χ1) is 11.4. The zero-order chi connectivity index (χ0) is 17.7. The van der Waals surface area contributed by atoms with Crippen molar-refractivity contribution in [3.8, 4) is 11.5 Å². The highest BCUT2D eigenvalue weighted by atomic mass is 16.3. The van der Waals surface area contributed by atoms with Gasteiger partial charge in [-0.3, -0.25) is 0 Å². The summed E-state index contributed by atoms with van der Waals surface area (Å²) in [5, 5.41) is 20.9. The molecule has 0 amide bonds. The predicted octanol–water partition coefficient (Wildman–Crippen LogP) is 6.00. The molecular weight excluding hydrogens is 296 g/mol. The molecule has 0 unspecified atom stereocenters. The summed E-state index contributed by atoms with van der Waals surface area (Å²) in [4.78, 5) is 0. The van der Waals surface area contributed by atoms with Crippen LogP contribution in [0, 0.1) is 17.8 Å². The third-order valence-corrected chi connectivity index (χ3v) is 5.55. The minimum atomic E-state index is 0.264. The van der Waals surface area contributed by atoms with Crippen LogP contribution in [0.1, 0.15) is 70.9 Å². The average molecular weight is 331 g/mol. The summed E-state index contributed by atoms with van der Waals surface area (Å²) in [6, 6.07) is 3.71. The van der Waals surface area contributed by atoms with Crippen molar-refractivity contribution >= 4 is 0 Å². The molecule has 134 valence electrons. The van der Waals surface area contributed by atoms with E-state index in [4.69, 9.17) is 0 Å². The van der Waals surface area contributed by atoms with Gasteiger partial charge < -0.3 is 10.2 Å². The summed E-state index contributed by atoms with van der Waals surface area (Å²) in [7, 11) is 0. The molecule has 0 aromatic heterocycles. The number of aromatic hydroxyl groups is 2. The van der Waals surface area contributed by atoms with E-state index in [1.54, 1.807) is 0 Å². The van der Waals surface area contributed by atoms with E-state index in [-0.39, 0.29) is 11.5 Å². The Kier molecular flexibility index (Phi) is 6.77. The van der Waals surface area contributed by atoms with Crippen LogP contribution in [0.2, 0.25) is 0 Å². The van der Waals surface area contributed by atoms with Crippen molar-refractivity contribution in [3.05, 3.63) is 34.9 Å². The Morgan fingerprint density at radius 1 is 1.12 bits per heavy atom. The van der Waals surface area contributed by atoms with Gasteiger partial charge in [-0.25, -0.2) is 0 Å². The molecular formula is C22H34O2. The topological polar surface area (TPSA) is 40.5 Å². The molecule has 0 radical (unpaired) electrons. The Balaban J connectivity index is 2.17. The molecule has 2 nitrogen and oxygen atoms in total. The van der Waals surface area contributed by atoms with E-state index in [2.05, 4.69) is 33.8 Å². The van der Waals surface area contributed by atoms with E-state index in [1.807, 2.05) is 12.1 Å². The molecule has 2 atom stereocenters. The number of phenolic OH excluding ortho intramolecular Hbond substituents is 2. The Bertz CT molecular complexity index is 548. The molecule has 0 aliphatic heterocycles. The largest absolute Gasteiger partial charge is 0.508 e. The lowest BCUT2D eigenvalue weighted by molar-refractivity contribution is 0.259. The number of hydrogen-bond donors (Lipinski definition) is 2. The second-order valence-corrected chi connectivity index (χ2v) is 7.90. The quantitative estimate of drug-likeness (QED) is 0.475. The molecule has 2 rings (SSSR count). The van der Waals surface area contributed by atoms with Crippen LogP contribution in [0.4, 0.5) is 0 Å². The van der Waals surface area contributed by atoms with Crippen LogP contribution in [0.5, 0.6) is 11.5 Å². The lowest BCUT2D eigenvalue weighted by Gasteiger charge is -2.33. The van der Waals surface area contributed by atoms with Gasteiger partial charge in [-0.2, -0.15) is 0 Å². The Morgan fingerprint density at radius 2 is 1.79 bits per heavy atom. The van der Waals surface area contributed by atoms with Crippen LogP contribution in [0.25, 0.3) is 0 Å². The van der Waals surface area contributed by atoms with Gasteiger partial charge in [0.2, 0.25) is 0 Å². The molecule has 0 saturated heterocycles. The Hall–Kier alpha value is -1.44. The summed E-state index contributed by atoms with van der Waals surface area (Å²) in [5.74, 6) is 2.18. The smallest absolute Gasteiger partial charge is 0.122 e. The molecule has 24 heavy (non-hydrogen) atoms. The molecule has 1 aromatic carbocycles. The number of benzene rings is 1. The fourth-order valence-electron chi connectivity index (χ4n) is 4.09. The van der Waals surface area contributed by atoms with Crippen molar-refractivity contribution in [1.29, 1.82) is 0 Å². The zero-order valence-corrected chi connectivity index (χ0v) is 15.8. The zero-order valence-electron chi connectivity index (χ0n) is 15.8. The van der Waals surface area contributed by atoms with Gasteiger partial charge in [-0.1, -0.05) is 45.3 Å². The fraction of sp³-hybridized carbons (Fsp3) is 0.636. The van der Waals surface area contributed by atoms with Crippen LogP contribution in [-0.4, -0.2) is 10.2 Å². The van der Waals surface area contributed by atoms with Crippen LogP contribution < -0.4 is 0 Å². The first-order valence-electron chi connectivity index (χ1n) is 9.63. The minimum Gasteiger partial charge on any atom is -0.508 e. The molecule has 0 bridgehead atoms. The van der Waals surface area contributed by atoms with Crippen LogP contribution in [-0.2, 0) is 12.8 Å². The van der Waals surface area contributed by atoms with Gasteiger partial charge in [0, 0.05) is 5.56 Å². The second kappa shape index (κ2) is 8.60. The first kappa shape index (κ1) is 18.9. The van der Waals surface area contributed by atoms with E-state index in [1.165, 1.54) is 31.3 Å². The van der Waals surface area contributed by atoms with E-state index in [9.17, 15) is 10.2 Å². The molecule has 0 fully saturated rings. The summed E-state index contributed by atoms with van der Waals surface area (Å²) in [5.41, 5.74) is 3.20. The molecule has 0 heterocycles. The van der Waals surface area contributed by atoms with Gasteiger partial charge in [-0.05, 0) is 74.5 Å². The molecule has 2 N–H and O–H groups in total. The number of hydrogen-bond acceptors (Lipinski definition) is 2. The van der Waals surface area contributed by atoms with E-state index < -0.39 is 0 Å². The van der Waals surface area contributed by atoms with E-state index in [0.29, 0.717) is 17.8 Å². The highest BCUT2D eigenvalue weighted by molar-refractivity contribution is 5.47. The van der Waals surface area contributed by atoms with Crippen molar-refractivity contribution in [1.82, 2.24) is 0 Å². The van der Waals surface area contributed by atoms with Crippen molar-refractivity contribution in [2.75, 3.05) is 0 Å². The Morgan fingerprint density at radius 3 is 2.38 bits per heavy atom. The number of aryl methyl sites for hydroxylation is 1. The summed E-state index contributed by atoms with van der Waals surface area (Å²) in [6.07, 6.45) is 9.87. The van der Waals surface area contributed by atoms with Gasteiger partial charge in [0.25, 0.3) is 0 Å².